The highest BCUT2D eigenvalue weighted by atomic mass is 16.5. The maximum atomic E-state index is 12.1. The summed E-state index contributed by atoms with van der Waals surface area (Å²) in [6.45, 7) is 1.84. The molecule has 1 aliphatic heterocycles. The number of nitrogens with one attached hydrogen (secondary N) is 1. The molecule has 2 N–H and O–H groups in total. The molecular formula is C17H17N2O5+. The molecule has 0 atom stereocenters. The highest BCUT2D eigenvalue weighted by Gasteiger charge is 2.30. The minimum atomic E-state index is -0.703. The van der Waals surface area contributed by atoms with Crippen molar-refractivity contribution in [2.45, 2.75) is 6.92 Å². The molecule has 3 rings (SSSR count). The molecule has 124 valence electrons. The van der Waals surface area contributed by atoms with E-state index in [-0.39, 0.29) is 23.6 Å². The SMILES string of the molecule is CCOC(=O)c1cc(=O)c(O)c2oc3cc(N(C)C)ccc3[nH+]c1-2. The molecule has 24 heavy (non-hydrogen) atoms. The number of anilines is 1. The predicted molar refractivity (Wildman–Crippen MR) is 87.6 cm³/mol. The van der Waals surface area contributed by atoms with E-state index in [1.807, 2.05) is 25.1 Å². The highest BCUT2D eigenvalue weighted by molar-refractivity contribution is 5.96. The van der Waals surface area contributed by atoms with Crippen molar-refractivity contribution < 1.29 is 24.0 Å². The number of phenols is 1. The van der Waals surface area contributed by atoms with Crippen LogP contribution in [-0.4, -0.2) is 31.8 Å². The number of aromatic nitrogens is 1. The normalized spacial score (nSPS) is 11.0. The van der Waals surface area contributed by atoms with Crippen LogP contribution in [0, 0.1) is 0 Å². The van der Waals surface area contributed by atoms with Gasteiger partial charge >= 0.3 is 5.97 Å². The molecule has 0 bridgehead atoms. The third kappa shape index (κ3) is 2.54. The lowest BCUT2D eigenvalue weighted by Gasteiger charge is -2.12. The topological polar surface area (TPSA) is 94.1 Å². The largest absolute Gasteiger partial charge is 0.501 e. The first-order valence-electron chi connectivity index (χ1n) is 7.42. The molecular weight excluding hydrogens is 312 g/mol. The molecule has 1 heterocycles. The summed E-state index contributed by atoms with van der Waals surface area (Å²) in [6, 6.07) is 6.49. The van der Waals surface area contributed by atoms with E-state index in [9.17, 15) is 14.7 Å². The van der Waals surface area contributed by atoms with Gasteiger partial charge in [0.25, 0.3) is 5.69 Å². The fourth-order valence-electron chi connectivity index (χ4n) is 2.44. The molecule has 0 saturated heterocycles. The molecule has 1 aromatic rings. The lowest BCUT2D eigenvalue weighted by atomic mass is 10.1. The maximum absolute atomic E-state index is 12.1. The van der Waals surface area contributed by atoms with Gasteiger partial charge in [0.15, 0.2) is 0 Å². The van der Waals surface area contributed by atoms with E-state index >= 15 is 0 Å². The van der Waals surface area contributed by atoms with E-state index in [0.29, 0.717) is 11.1 Å². The van der Waals surface area contributed by atoms with Crippen molar-refractivity contribution in [1.82, 2.24) is 0 Å². The number of H-pyrrole nitrogens is 1. The van der Waals surface area contributed by atoms with E-state index in [0.717, 1.165) is 11.8 Å². The fraction of sp³-hybridized carbons (Fsp3) is 0.235. The van der Waals surface area contributed by atoms with Gasteiger partial charge in [-0.05, 0) is 13.0 Å². The number of ether oxygens (including phenoxy) is 1. The van der Waals surface area contributed by atoms with Crippen molar-refractivity contribution in [2.75, 3.05) is 25.6 Å². The van der Waals surface area contributed by atoms with Crippen LogP contribution in [0.3, 0.4) is 0 Å². The molecule has 0 saturated carbocycles. The summed E-state index contributed by atoms with van der Waals surface area (Å²) in [5.41, 5.74) is 1.50. The summed E-state index contributed by atoms with van der Waals surface area (Å²) in [7, 11) is 3.77. The Labute approximate surface area is 137 Å². The van der Waals surface area contributed by atoms with Crippen LogP contribution in [0.5, 0.6) is 5.75 Å². The average Bonchev–Trinajstić information content (AvgIpc) is 2.56. The third-order valence-corrected chi connectivity index (χ3v) is 3.67. The van der Waals surface area contributed by atoms with Gasteiger partial charge in [-0.3, -0.25) is 4.79 Å². The minimum Gasteiger partial charge on any atom is -0.501 e. The number of esters is 1. The molecule has 0 unspecified atom stereocenters. The quantitative estimate of drug-likeness (QED) is 0.580. The molecule has 0 amide bonds. The van der Waals surface area contributed by atoms with Crippen molar-refractivity contribution in [3.63, 3.8) is 0 Å². The van der Waals surface area contributed by atoms with Gasteiger partial charge in [0.2, 0.25) is 28.0 Å². The van der Waals surface area contributed by atoms with Gasteiger partial charge in [0.05, 0.1) is 6.61 Å². The number of hydrogen-bond donors (Lipinski definition) is 1. The number of phenolic OH excluding ortho intramolecular Hbond substituents is 1. The third-order valence-electron chi connectivity index (χ3n) is 3.67. The summed E-state index contributed by atoms with van der Waals surface area (Å²) in [6.07, 6.45) is 0. The second kappa shape index (κ2) is 5.84. The van der Waals surface area contributed by atoms with Crippen molar-refractivity contribution in [2.24, 2.45) is 0 Å². The zero-order valence-electron chi connectivity index (χ0n) is 13.5. The van der Waals surface area contributed by atoms with Gasteiger partial charge in [0.1, 0.15) is 5.56 Å². The fourth-order valence-corrected chi connectivity index (χ4v) is 2.44. The molecule has 0 fully saturated rings. The predicted octanol–water partition coefficient (Wildman–Crippen LogP) is 1.66. The number of fused-ring (bicyclic) bond motifs is 2. The summed E-state index contributed by atoms with van der Waals surface area (Å²) in [5, 5.41) is 10.0. The lowest BCUT2D eigenvalue weighted by Crippen LogP contribution is -2.20. The first-order chi connectivity index (χ1) is 11.4. The van der Waals surface area contributed by atoms with Crippen molar-refractivity contribution in [1.29, 1.82) is 0 Å². The molecule has 1 aromatic carbocycles. The Morgan fingerprint density at radius 3 is 2.75 bits per heavy atom. The van der Waals surface area contributed by atoms with Crippen molar-refractivity contribution >= 4 is 22.8 Å². The van der Waals surface area contributed by atoms with Gasteiger partial charge in [-0.15, -0.1) is 0 Å². The standard InChI is InChI=1S/C17H16N2O5/c1-4-23-17(22)10-8-12(20)15(21)16-14(10)18-11-6-5-9(19(2)3)7-13(11)24-16/h5-8,21H,4H2,1-3H3/p+1. The van der Waals surface area contributed by atoms with Crippen LogP contribution < -0.4 is 15.3 Å². The molecule has 0 aromatic heterocycles. The van der Waals surface area contributed by atoms with Crippen LogP contribution in [0.1, 0.15) is 17.3 Å². The Bertz CT molecular complexity index is 961. The van der Waals surface area contributed by atoms with Crippen LogP contribution in [0.4, 0.5) is 5.69 Å². The van der Waals surface area contributed by atoms with Gasteiger partial charge in [0, 0.05) is 38.0 Å². The minimum absolute atomic E-state index is 0.0250. The lowest BCUT2D eigenvalue weighted by molar-refractivity contribution is -0.334. The van der Waals surface area contributed by atoms with E-state index in [1.54, 1.807) is 19.1 Å². The molecule has 7 nitrogen and oxygen atoms in total. The molecule has 0 radical (unpaired) electrons. The van der Waals surface area contributed by atoms with Gasteiger partial charge in [-0.25, -0.2) is 4.79 Å². The van der Waals surface area contributed by atoms with E-state index in [1.165, 1.54) is 0 Å². The zero-order valence-corrected chi connectivity index (χ0v) is 13.5. The van der Waals surface area contributed by atoms with Gasteiger partial charge < -0.3 is 19.2 Å². The number of aromatic amines is 1. The van der Waals surface area contributed by atoms with E-state index < -0.39 is 17.1 Å². The van der Waals surface area contributed by atoms with Crippen LogP contribution in [-0.2, 0) is 4.74 Å². The van der Waals surface area contributed by atoms with Crippen LogP contribution in [0.15, 0.2) is 33.5 Å². The van der Waals surface area contributed by atoms with Gasteiger partial charge in [-0.2, -0.15) is 4.98 Å². The first kappa shape index (κ1) is 15.8. The first-order valence-corrected chi connectivity index (χ1v) is 7.42. The van der Waals surface area contributed by atoms with Crippen LogP contribution in [0.25, 0.3) is 22.6 Å². The van der Waals surface area contributed by atoms with Crippen LogP contribution in [0.2, 0.25) is 0 Å². The Balaban J connectivity index is 2.34. The number of aromatic hydroxyl groups is 1. The number of carbonyl (C=O) groups is 1. The number of carbonyl (C=O) groups excluding carboxylic acids is 1. The van der Waals surface area contributed by atoms with Crippen LogP contribution >= 0.6 is 0 Å². The molecule has 2 aliphatic rings. The average molecular weight is 329 g/mol. The molecule has 0 spiro atoms. The number of nitrogens with zero attached hydrogens (tertiary/aromatic N) is 1. The maximum Gasteiger partial charge on any atom is 0.345 e. The van der Waals surface area contributed by atoms with Gasteiger partial charge in [-0.1, -0.05) is 0 Å². The smallest absolute Gasteiger partial charge is 0.345 e. The van der Waals surface area contributed by atoms with E-state index in [2.05, 4.69) is 4.98 Å². The molecule has 7 heteroatoms. The second-order valence-electron chi connectivity index (χ2n) is 5.50. The monoisotopic (exact) mass is 329 g/mol. The second-order valence-corrected chi connectivity index (χ2v) is 5.50. The summed E-state index contributed by atoms with van der Waals surface area (Å²) in [4.78, 5) is 29.0. The van der Waals surface area contributed by atoms with E-state index in [4.69, 9.17) is 9.15 Å². The number of rotatable bonds is 3. The Morgan fingerprint density at radius 1 is 1.33 bits per heavy atom. The summed E-state index contributed by atoms with van der Waals surface area (Å²) in [5.74, 6) is -1.28. The van der Waals surface area contributed by atoms with Crippen molar-refractivity contribution in [3.8, 4) is 17.2 Å². The number of hydrogen-bond acceptors (Lipinski definition) is 6. The summed E-state index contributed by atoms with van der Waals surface area (Å²) < 4.78 is 10.7. The Hall–Kier alpha value is -3.09. The Morgan fingerprint density at radius 2 is 2.08 bits per heavy atom. The Kier molecular flexibility index (Phi) is 3.84. The van der Waals surface area contributed by atoms with Crippen molar-refractivity contribution in [3.05, 3.63) is 40.1 Å². The summed E-state index contributed by atoms with van der Waals surface area (Å²) >= 11 is 0. The zero-order chi connectivity index (χ0) is 17.4. The molecule has 1 aliphatic carbocycles. The highest BCUT2D eigenvalue weighted by Crippen LogP contribution is 2.31. The number of benzene rings is 2.